The van der Waals surface area contributed by atoms with E-state index in [2.05, 4.69) is 5.32 Å². The van der Waals surface area contributed by atoms with E-state index in [0.29, 0.717) is 6.54 Å². The molecule has 116 valence electrons. The molecule has 1 atom stereocenters. The summed E-state index contributed by atoms with van der Waals surface area (Å²) in [6.45, 7) is 0.507. The normalized spacial score (nSPS) is 15.8. The van der Waals surface area contributed by atoms with E-state index in [9.17, 15) is 9.18 Å². The lowest BCUT2D eigenvalue weighted by Gasteiger charge is -2.27. The van der Waals surface area contributed by atoms with Crippen molar-refractivity contribution in [3.8, 4) is 0 Å². The van der Waals surface area contributed by atoms with Gasteiger partial charge in [-0.05, 0) is 49.7 Å². The van der Waals surface area contributed by atoms with Crippen LogP contribution in [0.1, 0.15) is 30.2 Å². The van der Waals surface area contributed by atoms with Gasteiger partial charge in [0.15, 0.2) is 0 Å². The van der Waals surface area contributed by atoms with Gasteiger partial charge in [-0.1, -0.05) is 12.1 Å². The molecule has 0 aliphatic heterocycles. The van der Waals surface area contributed by atoms with Crippen molar-refractivity contribution >= 4 is 5.91 Å². The summed E-state index contributed by atoms with van der Waals surface area (Å²) in [5.41, 5.74) is 0.772. The van der Waals surface area contributed by atoms with Crippen molar-refractivity contribution in [3.05, 3.63) is 59.8 Å². The fraction of sp³-hybridized carbons (Fsp3) is 0.353. The summed E-state index contributed by atoms with van der Waals surface area (Å²) >= 11 is 0. The molecule has 2 aromatic rings. The van der Waals surface area contributed by atoms with E-state index in [0.717, 1.165) is 24.2 Å². The Kier molecular flexibility index (Phi) is 4.24. The smallest absolute Gasteiger partial charge is 0.242 e. The van der Waals surface area contributed by atoms with Gasteiger partial charge in [0.2, 0.25) is 5.91 Å². The van der Waals surface area contributed by atoms with E-state index in [4.69, 9.17) is 4.42 Å². The summed E-state index contributed by atoms with van der Waals surface area (Å²) in [5.74, 6) is 0.427. The van der Waals surface area contributed by atoms with E-state index < -0.39 is 6.04 Å². The maximum atomic E-state index is 13.1. The zero-order chi connectivity index (χ0) is 15.5. The summed E-state index contributed by atoms with van der Waals surface area (Å²) < 4.78 is 18.5. The Hall–Kier alpha value is -2.14. The molecule has 1 fully saturated rings. The van der Waals surface area contributed by atoms with Crippen LogP contribution in [0.2, 0.25) is 0 Å². The highest BCUT2D eigenvalue weighted by Crippen LogP contribution is 2.25. The number of furan rings is 1. The minimum absolute atomic E-state index is 0.0526. The van der Waals surface area contributed by atoms with Crippen LogP contribution in [0.25, 0.3) is 0 Å². The zero-order valence-corrected chi connectivity index (χ0v) is 12.5. The van der Waals surface area contributed by atoms with Crippen molar-refractivity contribution in [2.45, 2.75) is 31.5 Å². The number of nitrogens with zero attached hydrogens (tertiary/aromatic N) is 1. The van der Waals surface area contributed by atoms with Crippen LogP contribution < -0.4 is 5.32 Å². The number of likely N-dealkylation sites (N-methyl/N-ethyl adjacent to an activating group) is 1. The minimum Gasteiger partial charge on any atom is -0.468 e. The zero-order valence-electron chi connectivity index (χ0n) is 12.5. The lowest BCUT2D eigenvalue weighted by Crippen LogP contribution is -2.39. The summed E-state index contributed by atoms with van der Waals surface area (Å²) in [7, 11) is 1.86. The molecule has 1 amide bonds. The van der Waals surface area contributed by atoms with Gasteiger partial charge in [0.25, 0.3) is 0 Å². The van der Waals surface area contributed by atoms with E-state index >= 15 is 0 Å². The van der Waals surface area contributed by atoms with Gasteiger partial charge in [0.1, 0.15) is 17.6 Å². The highest BCUT2D eigenvalue weighted by atomic mass is 19.1. The van der Waals surface area contributed by atoms with Gasteiger partial charge in [0.05, 0.1) is 12.8 Å². The van der Waals surface area contributed by atoms with Crippen LogP contribution in [0.15, 0.2) is 47.1 Å². The fourth-order valence-electron chi connectivity index (χ4n) is 2.50. The first-order valence-corrected chi connectivity index (χ1v) is 7.42. The molecule has 1 aliphatic carbocycles. The lowest BCUT2D eigenvalue weighted by atomic mass is 10.0. The second-order valence-corrected chi connectivity index (χ2v) is 5.73. The van der Waals surface area contributed by atoms with Gasteiger partial charge in [-0.15, -0.1) is 0 Å². The quantitative estimate of drug-likeness (QED) is 0.892. The molecule has 0 saturated heterocycles. The molecule has 1 heterocycles. The third-order valence-corrected chi connectivity index (χ3v) is 3.78. The van der Waals surface area contributed by atoms with Crippen LogP contribution in [-0.4, -0.2) is 23.9 Å². The van der Waals surface area contributed by atoms with Gasteiger partial charge in [-0.25, -0.2) is 4.39 Å². The van der Waals surface area contributed by atoms with Crippen molar-refractivity contribution in [1.29, 1.82) is 0 Å². The van der Waals surface area contributed by atoms with Crippen LogP contribution in [-0.2, 0) is 11.3 Å². The van der Waals surface area contributed by atoms with Crippen LogP contribution >= 0.6 is 0 Å². The average Bonchev–Trinajstić information content (AvgIpc) is 3.15. The summed E-state index contributed by atoms with van der Waals surface area (Å²) in [6, 6.07) is 9.59. The second kappa shape index (κ2) is 6.32. The Morgan fingerprint density at radius 1 is 1.36 bits per heavy atom. The molecule has 0 spiro atoms. The largest absolute Gasteiger partial charge is 0.468 e. The van der Waals surface area contributed by atoms with E-state index in [1.54, 1.807) is 18.4 Å². The molecule has 0 radical (unpaired) electrons. The van der Waals surface area contributed by atoms with E-state index in [1.165, 1.54) is 12.1 Å². The molecular weight excluding hydrogens is 283 g/mol. The molecule has 0 bridgehead atoms. The maximum absolute atomic E-state index is 13.1. The van der Waals surface area contributed by atoms with Crippen molar-refractivity contribution < 1.29 is 13.6 Å². The highest BCUT2D eigenvalue weighted by Gasteiger charge is 2.31. The summed E-state index contributed by atoms with van der Waals surface area (Å²) in [6.07, 6.45) is 3.67. The molecule has 1 N–H and O–H groups in total. The average molecular weight is 302 g/mol. The van der Waals surface area contributed by atoms with Gasteiger partial charge < -0.3 is 9.73 Å². The second-order valence-electron chi connectivity index (χ2n) is 5.73. The Labute approximate surface area is 128 Å². The van der Waals surface area contributed by atoms with Crippen molar-refractivity contribution in [2.75, 3.05) is 7.05 Å². The molecule has 3 rings (SSSR count). The number of nitrogens with one attached hydrogen (secondary N) is 1. The first kappa shape index (κ1) is 14.8. The molecule has 4 nitrogen and oxygen atoms in total. The number of hydrogen-bond acceptors (Lipinski definition) is 3. The Morgan fingerprint density at radius 2 is 2.09 bits per heavy atom. The van der Waals surface area contributed by atoms with Gasteiger partial charge in [0, 0.05) is 6.04 Å². The Bertz CT molecular complexity index is 621. The first-order valence-electron chi connectivity index (χ1n) is 7.42. The molecular formula is C17H19FN2O2. The number of rotatable bonds is 6. The molecule has 22 heavy (non-hydrogen) atoms. The highest BCUT2D eigenvalue weighted by molar-refractivity contribution is 5.83. The maximum Gasteiger partial charge on any atom is 0.242 e. The lowest BCUT2D eigenvalue weighted by molar-refractivity contribution is -0.126. The van der Waals surface area contributed by atoms with Crippen molar-refractivity contribution in [2.24, 2.45) is 0 Å². The standard InChI is InChI=1S/C17H19FN2O2/c1-20(11-15-3-2-10-22-15)16(17(21)19-14-8-9-14)12-4-6-13(18)7-5-12/h2-7,10,14,16H,8-9,11H2,1H3,(H,19,21). The third-order valence-electron chi connectivity index (χ3n) is 3.78. The molecule has 1 aromatic carbocycles. The number of carbonyl (C=O) groups is 1. The van der Waals surface area contributed by atoms with Crippen LogP contribution in [0.5, 0.6) is 0 Å². The predicted molar refractivity (Wildman–Crippen MR) is 80.5 cm³/mol. The van der Waals surface area contributed by atoms with E-state index in [1.807, 2.05) is 24.1 Å². The number of amides is 1. The van der Waals surface area contributed by atoms with Crippen molar-refractivity contribution in [1.82, 2.24) is 10.2 Å². The Morgan fingerprint density at radius 3 is 2.68 bits per heavy atom. The number of hydrogen-bond donors (Lipinski definition) is 1. The van der Waals surface area contributed by atoms with Gasteiger partial charge in [-0.2, -0.15) is 0 Å². The van der Waals surface area contributed by atoms with Crippen LogP contribution in [0.3, 0.4) is 0 Å². The molecule has 1 unspecified atom stereocenters. The summed E-state index contributed by atoms with van der Waals surface area (Å²) in [5, 5.41) is 3.02. The third kappa shape index (κ3) is 3.54. The van der Waals surface area contributed by atoms with Gasteiger partial charge in [-0.3, -0.25) is 9.69 Å². The SMILES string of the molecule is CN(Cc1ccco1)C(C(=O)NC1CC1)c1ccc(F)cc1. The number of halogens is 1. The molecule has 1 saturated carbocycles. The first-order chi connectivity index (χ1) is 10.6. The fourth-order valence-corrected chi connectivity index (χ4v) is 2.50. The predicted octanol–water partition coefficient (Wildman–Crippen LogP) is 2.87. The molecule has 1 aliphatic rings. The number of carbonyl (C=O) groups excluding carboxylic acids is 1. The Balaban J connectivity index is 1.80. The van der Waals surface area contributed by atoms with Crippen LogP contribution in [0.4, 0.5) is 4.39 Å². The molecule has 5 heteroatoms. The topological polar surface area (TPSA) is 45.5 Å². The van der Waals surface area contributed by atoms with Crippen molar-refractivity contribution in [3.63, 3.8) is 0 Å². The minimum atomic E-state index is -0.466. The van der Waals surface area contributed by atoms with E-state index in [-0.39, 0.29) is 17.8 Å². The van der Waals surface area contributed by atoms with Crippen LogP contribution in [0, 0.1) is 5.82 Å². The molecule has 1 aromatic heterocycles. The monoisotopic (exact) mass is 302 g/mol. The van der Waals surface area contributed by atoms with Gasteiger partial charge >= 0.3 is 0 Å². The number of benzene rings is 1. The summed E-state index contributed by atoms with van der Waals surface area (Å²) in [4.78, 5) is 14.5.